The summed E-state index contributed by atoms with van der Waals surface area (Å²) in [7, 11) is 0. The molecule has 1 aliphatic heterocycles. The molecule has 0 aromatic carbocycles. The van der Waals surface area contributed by atoms with Gasteiger partial charge in [-0.25, -0.2) is 0 Å². The number of rotatable bonds is 7. The van der Waals surface area contributed by atoms with Crippen LogP contribution >= 0.6 is 0 Å². The highest BCUT2D eigenvalue weighted by Crippen LogP contribution is 2.34. The van der Waals surface area contributed by atoms with Gasteiger partial charge in [0.05, 0.1) is 6.61 Å². The van der Waals surface area contributed by atoms with Gasteiger partial charge in [-0.05, 0) is 57.0 Å². The zero-order valence-electron chi connectivity index (χ0n) is 13.5. The van der Waals surface area contributed by atoms with E-state index in [1.165, 1.54) is 58.0 Å². The molecule has 4 atom stereocenters. The van der Waals surface area contributed by atoms with Gasteiger partial charge in [0.25, 0.3) is 0 Å². The van der Waals surface area contributed by atoms with Gasteiger partial charge in [0.2, 0.25) is 0 Å². The fourth-order valence-corrected chi connectivity index (χ4v) is 4.41. The summed E-state index contributed by atoms with van der Waals surface area (Å²) in [4.78, 5) is 2.56. The first-order valence-electron chi connectivity index (χ1n) is 8.86. The van der Waals surface area contributed by atoms with E-state index in [0.717, 1.165) is 18.4 Å². The van der Waals surface area contributed by atoms with Crippen LogP contribution in [0, 0.1) is 11.8 Å². The number of hydrogen-bond acceptors (Lipinski definition) is 3. The average molecular weight is 282 g/mol. The number of likely N-dealkylation sites (tertiary alicyclic amines) is 1. The zero-order chi connectivity index (χ0) is 14.4. The summed E-state index contributed by atoms with van der Waals surface area (Å²) in [5.41, 5.74) is 0. The smallest absolute Gasteiger partial charge is 0.0586 e. The Morgan fingerprint density at radius 3 is 2.75 bits per heavy atom. The first-order chi connectivity index (χ1) is 9.78. The van der Waals surface area contributed by atoms with Crippen molar-refractivity contribution in [2.75, 3.05) is 26.2 Å². The van der Waals surface area contributed by atoms with Crippen molar-refractivity contribution in [3.8, 4) is 0 Å². The molecule has 2 N–H and O–H groups in total. The largest absolute Gasteiger partial charge is 0.395 e. The zero-order valence-corrected chi connectivity index (χ0v) is 13.5. The van der Waals surface area contributed by atoms with Crippen molar-refractivity contribution < 1.29 is 5.11 Å². The second kappa shape index (κ2) is 8.35. The third-order valence-electron chi connectivity index (χ3n) is 5.43. The lowest BCUT2D eigenvalue weighted by molar-refractivity contribution is 0.103. The highest BCUT2D eigenvalue weighted by atomic mass is 16.3. The van der Waals surface area contributed by atoms with E-state index in [2.05, 4.69) is 24.1 Å². The molecule has 3 heteroatoms. The van der Waals surface area contributed by atoms with Gasteiger partial charge < -0.3 is 10.4 Å². The summed E-state index contributed by atoms with van der Waals surface area (Å²) < 4.78 is 0. The molecule has 0 aromatic heterocycles. The van der Waals surface area contributed by atoms with Crippen LogP contribution in [0.1, 0.15) is 58.8 Å². The van der Waals surface area contributed by atoms with E-state index in [0.29, 0.717) is 18.7 Å². The van der Waals surface area contributed by atoms with E-state index in [4.69, 9.17) is 0 Å². The summed E-state index contributed by atoms with van der Waals surface area (Å²) in [5, 5.41) is 13.2. The van der Waals surface area contributed by atoms with E-state index >= 15 is 0 Å². The van der Waals surface area contributed by atoms with E-state index < -0.39 is 0 Å². The van der Waals surface area contributed by atoms with Crippen LogP contribution in [-0.2, 0) is 0 Å². The minimum Gasteiger partial charge on any atom is -0.395 e. The summed E-state index contributed by atoms with van der Waals surface area (Å²) in [6, 6.07) is 1.14. The molecule has 0 bridgehead atoms. The van der Waals surface area contributed by atoms with Crippen molar-refractivity contribution in [2.45, 2.75) is 70.9 Å². The molecule has 20 heavy (non-hydrogen) atoms. The van der Waals surface area contributed by atoms with Gasteiger partial charge in [0, 0.05) is 18.6 Å². The summed E-state index contributed by atoms with van der Waals surface area (Å²) in [5.74, 6) is 1.72. The molecular weight excluding hydrogens is 248 g/mol. The average Bonchev–Trinajstić information content (AvgIpc) is 2.89. The fraction of sp³-hybridized carbons (Fsp3) is 1.00. The molecular formula is C17H34N2O. The van der Waals surface area contributed by atoms with Crippen molar-refractivity contribution in [3.05, 3.63) is 0 Å². The molecule has 1 aliphatic carbocycles. The highest BCUT2D eigenvalue weighted by Gasteiger charge is 2.33. The van der Waals surface area contributed by atoms with Gasteiger partial charge >= 0.3 is 0 Å². The van der Waals surface area contributed by atoms with Gasteiger partial charge in [-0.1, -0.05) is 26.7 Å². The predicted molar refractivity (Wildman–Crippen MR) is 84.9 cm³/mol. The van der Waals surface area contributed by atoms with Crippen LogP contribution in [0.5, 0.6) is 0 Å². The molecule has 2 fully saturated rings. The maximum atomic E-state index is 9.51. The number of nitrogens with one attached hydrogen (secondary N) is 1. The number of hydrogen-bond donors (Lipinski definition) is 2. The van der Waals surface area contributed by atoms with Crippen LogP contribution in [0.4, 0.5) is 0 Å². The fourth-order valence-electron chi connectivity index (χ4n) is 4.41. The summed E-state index contributed by atoms with van der Waals surface area (Å²) in [6.07, 6.45) is 9.33. The Hall–Kier alpha value is -0.120. The number of nitrogens with zero attached hydrogens (tertiary/aromatic N) is 1. The highest BCUT2D eigenvalue weighted by molar-refractivity contribution is 4.89. The molecule has 2 aliphatic rings. The van der Waals surface area contributed by atoms with Crippen molar-refractivity contribution in [1.82, 2.24) is 10.2 Å². The molecule has 1 saturated carbocycles. The second-order valence-electron chi connectivity index (χ2n) is 6.87. The lowest BCUT2D eigenvalue weighted by atomic mass is 9.76. The van der Waals surface area contributed by atoms with Crippen LogP contribution in [0.3, 0.4) is 0 Å². The third-order valence-corrected chi connectivity index (χ3v) is 5.43. The second-order valence-corrected chi connectivity index (χ2v) is 6.87. The van der Waals surface area contributed by atoms with E-state index in [-0.39, 0.29) is 0 Å². The van der Waals surface area contributed by atoms with Gasteiger partial charge in [-0.3, -0.25) is 4.90 Å². The van der Waals surface area contributed by atoms with Crippen molar-refractivity contribution in [3.63, 3.8) is 0 Å². The predicted octanol–water partition coefficient (Wildman–Crippen LogP) is 2.64. The van der Waals surface area contributed by atoms with Gasteiger partial charge in [-0.2, -0.15) is 0 Å². The van der Waals surface area contributed by atoms with Crippen LogP contribution in [0.15, 0.2) is 0 Å². The normalized spacial score (nSPS) is 35.5. The SMILES string of the molecule is CCCC1CCC(NCC)C(CN2CCCC2CO)C1. The first-order valence-corrected chi connectivity index (χ1v) is 8.86. The van der Waals surface area contributed by atoms with E-state index in [1.807, 2.05) is 0 Å². The summed E-state index contributed by atoms with van der Waals surface area (Å²) >= 11 is 0. The topological polar surface area (TPSA) is 35.5 Å². The van der Waals surface area contributed by atoms with Crippen LogP contribution in [0.25, 0.3) is 0 Å². The quantitative estimate of drug-likeness (QED) is 0.753. The molecule has 0 aromatic rings. The Balaban J connectivity index is 1.92. The molecule has 4 unspecified atom stereocenters. The molecule has 1 heterocycles. The Morgan fingerprint density at radius 1 is 1.20 bits per heavy atom. The molecule has 118 valence electrons. The lowest BCUT2D eigenvalue weighted by Gasteiger charge is -2.39. The Morgan fingerprint density at radius 2 is 2.05 bits per heavy atom. The molecule has 3 nitrogen and oxygen atoms in total. The van der Waals surface area contributed by atoms with E-state index in [1.54, 1.807) is 0 Å². The third kappa shape index (κ3) is 4.19. The molecule has 0 radical (unpaired) electrons. The number of aliphatic hydroxyl groups is 1. The Labute approximate surface area is 125 Å². The summed E-state index contributed by atoms with van der Waals surface area (Å²) in [6.45, 7) is 8.36. The lowest BCUT2D eigenvalue weighted by Crippen LogP contribution is -2.47. The molecule has 1 saturated heterocycles. The molecule has 0 spiro atoms. The van der Waals surface area contributed by atoms with Gasteiger partial charge in [0.15, 0.2) is 0 Å². The Bertz CT molecular complexity index is 272. The van der Waals surface area contributed by atoms with Gasteiger partial charge in [-0.15, -0.1) is 0 Å². The van der Waals surface area contributed by atoms with Crippen molar-refractivity contribution >= 4 is 0 Å². The number of aliphatic hydroxyl groups excluding tert-OH is 1. The van der Waals surface area contributed by atoms with E-state index in [9.17, 15) is 5.11 Å². The molecule has 0 amide bonds. The first kappa shape index (κ1) is 16.3. The molecule has 2 rings (SSSR count). The van der Waals surface area contributed by atoms with Crippen LogP contribution in [-0.4, -0.2) is 48.3 Å². The van der Waals surface area contributed by atoms with Crippen molar-refractivity contribution in [2.24, 2.45) is 11.8 Å². The van der Waals surface area contributed by atoms with Crippen molar-refractivity contribution in [1.29, 1.82) is 0 Å². The maximum Gasteiger partial charge on any atom is 0.0586 e. The van der Waals surface area contributed by atoms with Crippen LogP contribution in [0.2, 0.25) is 0 Å². The van der Waals surface area contributed by atoms with Crippen LogP contribution < -0.4 is 5.32 Å². The standard InChI is InChI=1S/C17H34N2O/c1-3-6-14-8-9-17(18-4-2)15(11-14)12-19-10-5-7-16(19)13-20/h14-18,20H,3-13H2,1-2H3. The minimum atomic E-state index is 0.344. The minimum absolute atomic E-state index is 0.344. The maximum absolute atomic E-state index is 9.51. The van der Waals surface area contributed by atoms with Gasteiger partial charge in [0.1, 0.15) is 0 Å². The Kier molecular flexibility index (Phi) is 6.79. The monoisotopic (exact) mass is 282 g/mol.